The van der Waals surface area contributed by atoms with Crippen LogP contribution < -0.4 is 20.5 Å². The zero-order chi connectivity index (χ0) is 20.6. The van der Waals surface area contributed by atoms with Crippen LogP contribution in [0.5, 0.6) is 11.5 Å². The minimum Gasteiger partial charge on any atom is -0.493 e. The van der Waals surface area contributed by atoms with Crippen LogP contribution in [0, 0.1) is 5.82 Å². The molecule has 1 unspecified atom stereocenters. The van der Waals surface area contributed by atoms with E-state index < -0.39 is 0 Å². The summed E-state index contributed by atoms with van der Waals surface area (Å²) in [6.07, 6.45) is 0. The number of halogens is 1. The Bertz CT molecular complexity index is 840. The second kappa shape index (κ2) is 10.1. The number of methoxy groups -OCH3 is 2. The molecule has 3 N–H and O–H groups in total. The molecule has 1 fully saturated rings. The zero-order valence-corrected chi connectivity index (χ0v) is 16.7. The summed E-state index contributed by atoms with van der Waals surface area (Å²) in [5, 5.41) is 3.06. The van der Waals surface area contributed by atoms with Gasteiger partial charge >= 0.3 is 0 Å². The van der Waals surface area contributed by atoms with Gasteiger partial charge in [-0.05, 0) is 29.8 Å². The summed E-state index contributed by atoms with van der Waals surface area (Å²) < 4.78 is 29.8. The topological polar surface area (TPSA) is 81.3 Å². The summed E-state index contributed by atoms with van der Waals surface area (Å²) in [5.74, 6) is 1.23. The Kier molecular flexibility index (Phi) is 7.26. The molecule has 1 atom stereocenters. The van der Waals surface area contributed by atoms with Gasteiger partial charge in [0, 0.05) is 24.8 Å². The molecule has 2 aromatic rings. The van der Waals surface area contributed by atoms with Crippen molar-refractivity contribution in [3.05, 3.63) is 53.8 Å². The number of rotatable bonds is 7. The summed E-state index contributed by atoms with van der Waals surface area (Å²) in [6.45, 7) is 3.22. The Labute approximate surface area is 170 Å². The van der Waals surface area contributed by atoms with E-state index in [-0.39, 0.29) is 17.8 Å². The molecule has 1 saturated heterocycles. The van der Waals surface area contributed by atoms with E-state index in [0.717, 1.165) is 24.3 Å². The molecule has 0 aromatic heterocycles. The van der Waals surface area contributed by atoms with Gasteiger partial charge in [0.1, 0.15) is 5.82 Å². The van der Waals surface area contributed by atoms with Crippen LogP contribution in [-0.4, -0.2) is 57.9 Å². The number of hydrogen-bond donors (Lipinski definition) is 2. The Morgan fingerprint density at radius 3 is 2.62 bits per heavy atom. The van der Waals surface area contributed by atoms with Crippen LogP contribution in [0.15, 0.2) is 47.5 Å². The number of anilines is 1. The fourth-order valence-electron chi connectivity index (χ4n) is 3.32. The zero-order valence-electron chi connectivity index (χ0n) is 16.7. The summed E-state index contributed by atoms with van der Waals surface area (Å²) in [5.41, 5.74) is 7.71. The van der Waals surface area contributed by atoms with E-state index in [9.17, 15) is 4.39 Å². The minimum absolute atomic E-state index is 0.0830. The molecule has 156 valence electrons. The van der Waals surface area contributed by atoms with Crippen molar-refractivity contribution in [3.8, 4) is 11.5 Å². The lowest BCUT2D eigenvalue weighted by molar-refractivity contribution is 0.0179. The molecule has 0 bridgehead atoms. The van der Waals surface area contributed by atoms with Gasteiger partial charge in [-0.3, -0.25) is 9.89 Å². The molecule has 0 amide bonds. The third kappa shape index (κ3) is 5.58. The summed E-state index contributed by atoms with van der Waals surface area (Å²) >= 11 is 0. The molecule has 3 rings (SSSR count). The Morgan fingerprint density at radius 2 is 1.93 bits per heavy atom. The number of guanidine groups is 1. The van der Waals surface area contributed by atoms with Gasteiger partial charge < -0.3 is 25.3 Å². The first kappa shape index (κ1) is 20.9. The van der Waals surface area contributed by atoms with Crippen LogP contribution in [0.4, 0.5) is 10.1 Å². The van der Waals surface area contributed by atoms with Crippen molar-refractivity contribution in [2.75, 3.05) is 52.4 Å². The Hall–Kier alpha value is -2.84. The molecule has 0 spiro atoms. The van der Waals surface area contributed by atoms with Gasteiger partial charge in [-0.15, -0.1) is 0 Å². The first-order chi connectivity index (χ1) is 14.1. The van der Waals surface area contributed by atoms with Gasteiger partial charge in [-0.25, -0.2) is 4.39 Å². The van der Waals surface area contributed by atoms with Crippen molar-refractivity contribution in [1.29, 1.82) is 0 Å². The lowest BCUT2D eigenvalue weighted by atomic mass is 10.0. The highest BCUT2D eigenvalue weighted by molar-refractivity contribution is 5.92. The quantitative estimate of drug-likeness (QED) is 0.547. The molecular weight excluding hydrogens is 375 g/mol. The summed E-state index contributed by atoms with van der Waals surface area (Å²) in [4.78, 5) is 6.75. The molecule has 0 radical (unpaired) electrons. The molecule has 0 aliphatic carbocycles. The molecule has 1 heterocycles. The average molecular weight is 402 g/mol. The van der Waals surface area contributed by atoms with E-state index in [1.807, 2.05) is 12.1 Å². The number of nitrogens with zero attached hydrogens (tertiary/aromatic N) is 2. The van der Waals surface area contributed by atoms with E-state index >= 15 is 0 Å². The molecule has 8 heteroatoms. The van der Waals surface area contributed by atoms with Crippen molar-refractivity contribution in [2.45, 2.75) is 6.04 Å². The lowest BCUT2D eigenvalue weighted by Gasteiger charge is -2.34. The second-order valence-corrected chi connectivity index (χ2v) is 6.64. The van der Waals surface area contributed by atoms with Crippen molar-refractivity contribution >= 4 is 11.6 Å². The van der Waals surface area contributed by atoms with E-state index in [2.05, 4.69) is 15.2 Å². The molecule has 0 saturated carbocycles. The van der Waals surface area contributed by atoms with Crippen molar-refractivity contribution < 1.29 is 18.6 Å². The maximum atomic E-state index is 13.8. The number of aliphatic imine (C=N–C) groups is 1. The maximum Gasteiger partial charge on any atom is 0.193 e. The highest BCUT2D eigenvalue weighted by Gasteiger charge is 2.23. The highest BCUT2D eigenvalue weighted by Crippen LogP contribution is 2.29. The van der Waals surface area contributed by atoms with Gasteiger partial charge in [-0.2, -0.15) is 0 Å². The maximum absolute atomic E-state index is 13.8. The third-order valence-electron chi connectivity index (χ3n) is 4.81. The first-order valence-corrected chi connectivity index (χ1v) is 9.47. The third-order valence-corrected chi connectivity index (χ3v) is 4.81. The molecule has 1 aliphatic heterocycles. The SMILES string of the molecule is COc1ccc(NC(N)=NCC(c2cccc(F)c2)N2CCOCC2)cc1OC. The number of morpholine rings is 1. The van der Waals surface area contributed by atoms with Crippen molar-refractivity contribution in [1.82, 2.24) is 4.90 Å². The smallest absolute Gasteiger partial charge is 0.193 e. The standard InChI is InChI=1S/C21H27FN4O3/c1-27-19-7-6-17(13-20(19)28-2)25-21(23)24-14-18(26-8-10-29-11-9-26)15-4-3-5-16(22)12-15/h3-7,12-13,18H,8-11,14H2,1-2H3,(H3,23,24,25). The van der Waals surface area contributed by atoms with E-state index in [4.69, 9.17) is 19.9 Å². The largest absolute Gasteiger partial charge is 0.493 e. The number of benzene rings is 2. The second-order valence-electron chi connectivity index (χ2n) is 6.64. The van der Waals surface area contributed by atoms with Crippen LogP contribution in [-0.2, 0) is 4.74 Å². The number of nitrogens with one attached hydrogen (secondary N) is 1. The predicted octanol–water partition coefficient (Wildman–Crippen LogP) is 2.64. The Morgan fingerprint density at radius 1 is 1.17 bits per heavy atom. The predicted molar refractivity (Wildman–Crippen MR) is 111 cm³/mol. The minimum atomic E-state index is -0.263. The fourth-order valence-corrected chi connectivity index (χ4v) is 3.32. The van der Waals surface area contributed by atoms with Crippen molar-refractivity contribution in [2.24, 2.45) is 10.7 Å². The fraction of sp³-hybridized carbons (Fsp3) is 0.381. The van der Waals surface area contributed by atoms with Gasteiger partial charge in [0.25, 0.3) is 0 Å². The van der Waals surface area contributed by atoms with Crippen molar-refractivity contribution in [3.63, 3.8) is 0 Å². The van der Waals surface area contributed by atoms with Crippen LogP contribution in [0.3, 0.4) is 0 Å². The lowest BCUT2D eigenvalue weighted by Crippen LogP contribution is -2.40. The van der Waals surface area contributed by atoms with Crippen LogP contribution in [0.2, 0.25) is 0 Å². The summed E-state index contributed by atoms with van der Waals surface area (Å²) in [6, 6.07) is 11.9. The van der Waals surface area contributed by atoms with Gasteiger partial charge in [0.15, 0.2) is 17.5 Å². The van der Waals surface area contributed by atoms with Crippen LogP contribution >= 0.6 is 0 Å². The average Bonchev–Trinajstić information content (AvgIpc) is 2.74. The van der Waals surface area contributed by atoms with E-state index in [1.165, 1.54) is 6.07 Å². The highest BCUT2D eigenvalue weighted by atomic mass is 19.1. The van der Waals surface area contributed by atoms with E-state index in [0.29, 0.717) is 31.3 Å². The molecular formula is C21H27FN4O3. The molecule has 2 aromatic carbocycles. The molecule has 29 heavy (non-hydrogen) atoms. The number of ether oxygens (including phenoxy) is 3. The summed E-state index contributed by atoms with van der Waals surface area (Å²) in [7, 11) is 3.16. The van der Waals surface area contributed by atoms with Gasteiger partial charge in [0.05, 0.1) is 40.0 Å². The molecule has 7 nitrogen and oxygen atoms in total. The molecule has 1 aliphatic rings. The Balaban J connectivity index is 1.74. The van der Waals surface area contributed by atoms with Gasteiger partial charge in [-0.1, -0.05) is 12.1 Å². The first-order valence-electron chi connectivity index (χ1n) is 9.47. The number of nitrogens with two attached hydrogens (primary N) is 1. The monoisotopic (exact) mass is 402 g/mol. The van der Waals surface area contributed by atoms with Crippen LogP contribution in [0.1, 0.15) is 11.6 Å². The number of hydrogen-bond acceptors (Lipinski definition) is 5. The van der Waals surface area contributed by atoms with Crippen LogP contribution in [0.25, 0.3) is 0 Å². The van der Waals surface area contributed by atoms with Gasteiger partial charge in [0.2, 0.25) is 0 Å². The van der Waals surface area contributed by atoms with E-state index in [1.54, 1.807) is 38.5 Å². The normalized spacial score (nSPS) is 16.3.